The molecule has 6 heteroatoms. The van der Waals surface area contributed by atoms with Crippen molar-refractivity contribution >= 4 is 12.1 Å². The molecule has 0 aliphatic carbocycles. The molecule has 2 N–H and O–H groups in total. The number of likely N-dealkylation sites (tertiary alicyclic amines) is 1. The Hall–Kier alpha value is -1.30. The van der Waals surface area contributed by atoms with E-state index in [4.69, 9.17) is 15.2 Å². The summed E-state index contributed by atoms with van der Waals surface area (Å²) in [6, 6.07) is -0.0413. The van der Waals surface area contributed by atoms with Gasteiger partial charge in [-0.2, -0.15) is 0 Å². The summed E-state index contributed by atoms with van der Waals surface area (Å²) in [4.78, 5) is 25.4. The van der Waals surface area contributed by atoms with Gasteiger partial charge in [0.2, 0.25) is 0 Å². The molecule has 0 bridgehead atoms. The van der Waals surface area contributed by atoms with E-state index in [2.05, 4.69) is 0 Å². The summed E-state index contributed by atoms with van der Waals surface area (Å²) in [5, 5.41) is 0. The average Bonchev–Trinajstić information content (AvgIpc) is 2.35. The van der Waals surface area contributed by atoms with Crippen molar-refractivity contribution < 1.29 is 19.1 Å². The lowest BCUT2D eigenvalue weighted by Crippen LogP contribution is -2.52. The molecule has 0 spiro atoms. The first-order chi connectivity index (χ1) is 9.73. The molecule has 21 heavy (non-hydrogen) atoms. The molecule has 1 aliphatic heterocycles. The maximum Gasteiger partial charge on any atom is 0.410 e. The molecule has 2 atom stereocenters. The van der Waals surface area contributed by atoms with Gasteiger partial charge in [-0.3, -0.25) is 4.79 Å². The van der Waals surface area contributed by atoms with Crippen LogP contribution in [-0.4, -0.2) is 47.8 Å². The van der Waals surface area contributed by atoms with Crippen LogP contribution in [-0.2, 0) is 14.3 Å². The van der Waals surface area contributed by atoms with Crippen LogP contribution in [0.25, 0.3) is 0 Å². The van der Waals surface area contributed by atoms with Crippen LogP contribution < -0.4 is 5.73 Å². The number of hydrogen-bond donors (Lipinski definition) is 1. The summed E-state index contributed by atoms with van der Waals surface area (Å²) in [6.45, 7) is 8.14. The first kappa shape index (κ1) is 17.8. The van der Waals surface area contributed by atoms with Gasteiger partial charge in [-0.25, -0.2) is 4.79 Å². The van der Waals surface area contributed by atoms with Crippen molar-refractivity contribution in [3.8, 4) is 0 Å². The van der Waals surface area contributed by atoms with Gasteiger partial charge in [0.1, 0.15) is 5.60 Å². The van der Waals surface area contributed by atoms with E-state index < -0.39 is 5.60 Å². The zero-order valence-corrected chi connectivity index (χ0v) is 13.6. The Kier molecular flexibility index (Phi) is 6.45. The third-order valence-electron chi connectivity index (χ3n) is 3.36. The Bertz CT molecular complexity index is 365. The molecule has 0 aromatic carbocycles. The highest BCUT2D eigenvalue weighted by Gasteiger charge is 2.33. The van der Waals surface area contributed by atoms with E-state index in [0.29, 0.717) is 26.0 Å². The summed E-state index contributed by atoms with van der Waals surface area (Å²) in [5.74, 6) is -0.225. The summed E-state index contributed by atoms with van der Waals surface area (Å²) in [5.41, 5.74) is 5.41. The maximum absolute atomic E-state index is 12.3. The highest BCUT2D eigenvalue weighted by Crippen LogP contribution is 2.23. The molecule has 0 saturated carbocycles. The largest absolute Gasteiger partial charge is 0.466 e. The van der Waals surface area contributed by atoms with Crippen LogP contribution in [0.3, 0.4) is 0 Å². The van der Waals surface area contributed by atoms with Crippen LogP contribution in [0.15, 0.2) is 0 Å². The van der Waals surface area contributed by atoms with E-state index in [1.807, 2.05) is 20.8 Å². The van der Waals surface area contributed by atoms with E-state index in [1.54, 1.807) is 11.8 Å². The fourth-order valence-corrected chi connectivity index (χ4v) is 2.42. The molecule has 1 fully saturated rings. The molecule has 1 aliphatic rings. The lowest BCUT2D eigenvalue weighted by atomic mass is 9.96. The second-order valence-corrected chi connectivity index (χ2v) is 6.47. The van der Waals surface area contributed by atoms with Crippen LogP contribution in [0, 0.1) is 0 Å². The molecule has 0 aromatic heterocycles. The monoisotopic (exact) mass is 300 g/mol. The Morgan fingerprint density at radius 3 is 2.52 bits per heavy atom. The van der Waals surface area contributed by atoms with E-state index in [-0.39, 0.29) is 24.1 Å². The second kappa shape index (κ2) is 7.64. The number of nitrogens with zero attached hydrogens (tertiary/aromatic N) is 1. The number of carbonyl (C=O) groups is 2. The Morgan fingerprint density at radius 1 is 1.29 bits per heavy atom. The molecule has 0 aromatic rings. The smallest absolute Gasteiger partial charge is 0.410 e. The summed E-state index contributed by atoms with van der Waals surface area (Å²) < 4.78 is 10.4. The molecule has 6 nitrogen and oxygen atoms in total. The van der Waals surface area contributed by atoms with Crippen molar-refractivity contribution in [2.75, 3.05) is 13.2 Å². The van der Waals surface area contributed by atoms with Crippen molar-refractivity contribution in [3.05, 3.63) is 0 Å². The Morgan fingerprint density at radius 2 is 1.95 bits per heavy atom. The molecule has 1 heterocycles. The highest BCUT2D eigenvalue weighted by atomic mass is 16.6. The third kappa shape index (κ3) is 6.33. The van der Waals surface area contributed by atoms with Crippen molar-refractivity contribution in [2.24, 2.45) is 5.73 Å². The number of rotatable bonds is 4. The number of nitrogens with two attached hydrogens (primary N) is 1. The van der Waals surface area contributed by atoms with Crippen molar-refractivity contribution in [1.82, 2.24) is 4.90 Å². The topological polar surface area (TPSA) is 81.9 Å². The zero-order valence-electron chi connectivity index (χ0n) is 13.6. The van der Waals surface area contributed by atoms with Crippen LogP contribution in [0.1, 0.15) is 53.4 Å². The van der Waals surface area contributed by atoms with Gasteiger partial charge in [0, 0.05) is 25.0 Å². The van der Waals surface area contributed by atoms with Crippen LogP contribution >= 0.6 is 0 Å². The van der Waals surface area contributed by atoms with Crippen LogP contribution in [0.4, 0.5) is 4.79 Å². The van der Waals surface area contributed by atoms with Gasteiger partial charge in [-0.05, 0) is 47.0 Å². The molecule has 1 rings (SSSR count). The molecule has 1 amide bonds. The van der Waals surface area contributed by atoms with Gasteiger partial charge in [0.05, 0.1) is 6.61 Å². The molecule has 0 radical (unpaired) electrons. The fraction of sp³-hybridized carbons (Fsp3) is 0.867. The minimum atomic E-state index is -0.537. The van der Waals surface area contributed by atoms with Gasteiger partial charge in [-0.1, -0.05) is 0 Å². The van der Waals surface area contributed by atoms with E-state index >= 15 is 0 Å². The molecule has 1 saturated heterocycles. The number of hydrogen-bond acceptors (Lipinski definition) is 5. The van der Waals surface area contributed by atoms with Gasteiger partial charge in [-0.15, -0.1) is 0 Å². The van der Waals surface area contributed by atoms with Crippen molar-refractivity contribution in [1.29, 1.82) is 0 Å². The number of esters is 1. The quantitative estimate of drug-likeness (QED) is 0.804. The summed E-state index contributed by atoms with van der Waals surface area (Å²) in [6.07, 6.45) is 2.19. The Labute approximate surface area is 126 Å². The predicted octanol–water partition coefficient (Wildman–Crippen LogP) is 2.06. The second-order valence-electron chi connectivity index (χ2n) is 6.47. The minimum Gasteiger partial charge on any atom is -0.466 e. The molecular formula is C15H28N2O4. The number of amides is 1. The summed E-state index contributed by atoms with van der Waals surface area (Å²) in [7, 11) is 0. The first-order valence-electron chi connectivity index (χ1n) is 7.63. The third-order valence-corrected chi connectivity index (χ3v) is 3.36. The van der Waals surface area contributed by atoms with Gasteiger partial charge < -0.3 is 20.1 Å². The normalized spacial score (nSPS) is 22.8. The minimum absolute atomic E-state index is 0.0101. The Balaban J connectivity index is 2.62. The molecule has 122 valence electrons. The zero-order chi connectivity index (χ0) is 16.0. The average molecular weight is 300 g/mol. The number of carbonyl (C=O) groups excluding carboxylic acids is 2. The van der Waals surface area contributed by atoms with E-state index in [9.17, 15) is 9.59 Å². The standard InChI is InChI=1S/C15H28N2O4/c1-5-20-13(18)9-8-12-7-6-11(16)10-17(12)14(19)21-15(2,3)4/h11-12H,5-10,16H2,1-4H3. The maximum atomic E-state index is 12.3. The number of piperidine rings is 1. The van der Waals surface area contributed by atoms with Gasteiger partial charge in [0.25, 0.3) is 0 Å². The van der Waals surface area contributed by atoms with Gasteiger partial charge in [0.15, 0.2) is 0 Å². The SMILES string of the molecule is CCOC(=O)CCC1CCC(N)CN1C(=O)OC(C)(C)C. The first-order valence-corrected chi connectivity index (χ1v) is 7.63. The summed E-state index contributed by atoms with van der Waals surface area (Å²) >= 11 is 0. The van der Waals surface area contributed by atoms with Gasteiger partial charge >= 0.3 is 12.1 Å². The predicted molar refractivity (Wildman–Crippen MR) is 79.8 cm³/mol. The number of ether oxygens (including phenoxy) is 2. The van der Waals surface area contributed by atoms with Crippen molar-refractivity contribution in [3.63, 3.8) is 0 Å². The van der Waals surface area contributed by atoms with Crippen molar-refractivity contribution in [2.45, 2.75) is 71.1 Å². The van der Waals surface area contributed by atoms with E-state index in [0.717, 1.165) is 12.8 Å². The highest BCUT2D eigenvalue weighted by molar-refractivity contribution is 5.70. The van der Waals surface area contributed by atoms with E-state index in [1.165, 1.54) is 0 Å². The lowest BCUT2D eigenvalue weighted by Gasteiger charge is -2.39. The molecule has 2 unspecified atom stereocenters. The molecular weight excluding hydrogens is 272 g/mol. The lowest BCUT2D eigenvalue weighted by molar-refractivity contribution is -0.143. The van der Waals surface area contributed by atoms with Crippen LogP contribution in [0.5, 0.6) is 0 Å². The fourth-order valence-electron chi connectivity index (χ4n) is 2.42. The van der Waals surface area contributed by atoms with Crippen LogP contribution in [0.2, 0.25) is 0 Å².